The van der Waals surface area contributed by atoms with Crippen molar-refractivity contribution in [1.29, 1.82) is 0 Å². The van der Waals surface area contributed by atoms with Crippen molar-refractivity contribution >= 4 is 5.91 Å². The largest absolute Gasteiger partial charge is 0.507 e. The molecule has 116 valence electrons. The van der Waals surface area contributed by atoms with Crippen molar-refractivity contribution in [2.24, 2.45) is 5.73 Å². The first kappa shape index (κ1) is 15.9. The maximum Gasteiger partial charge on any atom is 0.252 e. The van der Waals surface area contributed by atoms with Gasteiger partial charge in [-0.2, -0.15) is 0 Å². The van der Waals surface area contributed by atoms with Crippen LogP contribution >= 0.6 is 0 Å². The molecular formula is C17H20N2O3. The lowest BCUT2D eigenvalue weighted by molar-refractivity contribution is 0.0997. The predicted octanol–water partition coefficient (Wildman–Crippen LogP) is 2.05. The summed E-state index contributed by atoms with van der Waals surface area (Å²) in [5.74, 6) is -0.326. The molecular weight excluding hydrogens is 280 g/mol. The number of nitrogens with two attached hydrogens (primary N) is 1. The van der Waals surface area contributed by atoms with Gasteiger partial charge in [0.05, 0.1) is 5.56 Å². The first-order chi connectivity index (χ1) is 10.6. The molecule has 2 rings (SSSR count). The van der Waals surface area contributed by atoms with Crippen LogP contribution in [0.25, 0.3) is 0 Å². The van der Waals surface area contributed by atoms with Gasteiger partial charge in [-0.15, -0.1) is 0 Å². The van der Waals surface area contributed by atoms with Crippen molar-refractivity contribution < 1.29 is 14.6 Å². The second kappa shape index (κ2) is 7.47. The molecule has 0 saturated heterocycles. The van der Waals surface area contributed by atoms with Gasteiger partial charge in [0, 0.05) is 12.6 Å². The van der Waals surface area contributed by atoms with E-state index >= 15 is 0 Å². The van der Waals surface area contributed by atoms with Gasteiger partial charge in [-0.3, -0.25) is 4.79 Å². The predicted molar refractivity (Wildman–Crippen MR) is 84.9 cm³/mol. The molecule has 0 aliphatic rings. The number of carbonyl (C=O) groups excluding carboxylic acids is 1. The monoisotopic (exact) mass is 300 g/mol. The number of carbonyl (C=O) groups is 1. The molecule has 0 aromatic heterocycles. The molecule has 0 aliphatic heterocycles. The van der Waals surface area contributed by atoms with Crippen LogP contribution in [0.1, 0.15) is 22.8 Å². The molecule has 1 atom stereocenters. The van der Waals surface area contributed by atoms with Crippen LogP contribution in [-0.2, 0) is 6.54 Å². The Labute approximate surface area is 129 Å². The zero-order valence-corrected chi connectivity index (χ0v) is 12.5. The van der Waals surface area contributed by atoms with Crippen molar-refractivity contribution in [1.82, 2.24) is 5.32 Å². The van der Waals surface area contributed by atoms with Gasteiger partial charge in [-0.05, 0) is 30.7 Å². The molecule has 2 aromatic carbocycles. The number of aromatic hydroxyl groups is 1. The van der Waals surface area contributed by atoms with Crippen molar-refractivity contribution in [3.63, 3.8) is 0 Å². The van der Waals surface area contributed by atoms with E-state index in [0.717, 1.165) is 6.54 Å². The van der Waals surface area contributed by atoms with E-state index in [0.29, 0.717) is 12.4 Å². The zero-order valence-electron chi connectivity index (χ0n) is 12.5. The number of rotatable bonds is 7. The summed E-state index contributed by atoms with van der Waals surface area (Å²) >= 11 is 0. The summed E-state index contributed by atoms with van der Waals surface area (Å²) < 4.78 is 5.62. The number of nitrogens with one attached hydrogen (secondary N) is 1. The molecule has 0 heterocycles. The molecule has 0 aliphatic carbocycles. The van der Waals surface area contributed by atoms with Gasteiger partial charge in [0.25, 0.3) is 5.91 Å². The third kappa shape index (κ3) is 4.49. The number of phenols is 1. The van der Waals surface area contributed by atoms with E-state index in [1.54, 1.807) is 6.07 Å². The molecule has 0 saturated carbocycles. The fourth-order valence-corrected chi connectivity index (χ4v) is 1.97. The van der Waals surface area contributed by atoms with Crippen LogP contribution in [-0.4, -0.2) is 23.7 Å². The summed E-state index contributed by atoms with van der Waals surface area (Å²) in [5.41, 5.74) is 6.45. The summed E-state index contributed by atoms with van der Waals surface area (Å²) in [7, 11) is 0. The highest BCUT2D eigenvalue weighted by molar-refractivity contribution is 5.95. The van der Waals surface area contributed by atoms with Crippen molar-refractivity contribution in [3.8, 4) is 11.5 Å². The van der Waals surface area contributed by atoms with E-state index in [1.165, 1.54) is 17.7 Å². The highest BCUT2D eigenvalue weighted by atomic mass is 16.5. The van der Waals surface area contributed by atoms with Gasteiger partial charge in [0.2, 0.25) is 0 Å². The van der Waals surface area contributed by atoms with Crippen molar-refractivity contribution in [2.45, 2.75) is 19.5 Å². The lowest BCUT2D eigenvalue weighted by atomic mass is 10.2. The standard InChI is InChI=1S/C17H20N2O3/c1-12(19-10-13-5-3-2-4-6-13)11-22-14-7-8-16(20)15(9-14)17(18)21/h2-9,12,19-20H,10-11H2,1H3,(H2,18,21). The molecule has 1 unspecified atom stereocenters. The lowest BCUT2D eigenvalue weighted by Gasteiger charge is -2.15. The van der Waals surface area contributed by atoms with Crippen LogP contribution in [0.2, 0.25) is 0 Å². The van der Waals surface area contributed by atoms with Gasteiger partial charge in [0.15, 0.2) is 0 Å². The van der Waals surface area contributed by atoms with E-state index in [4.69, 9.17) is 10.5 Å². The Morgan fingerprint density at radius 2 is 2.00 bits per heavy atom. The van der Waals surface area contributed by atoms with E-state index in [-0.39, 0.29) is 17.4 Å². The van der Waals surface area contributed by atoms with E-state index in [2.05, 4.69) is 17.4 Å². The summed E-state index contributed by atoms with van der Waals surface area (Å²) in [6.45, 7) is 3.21. The maximum atomic E-state index is 11.2. The third-order valence-electron chi connectivity index (χ3n) is 3.23. The van der Waals surface area contributed by atoms with Crippen molar-refractivity contribution in [2.75, 3.05) is 6.61 Å². The Kier molecular flexibility index (Phi) is 5.38. The number of hydrogen-bond donors (Lipinski definition) is 3. The maximum absolute atomic E-state index is 11.2. The van der Waals surface area contributed by atoms with Crippen LogP contribution in [0.5, 0.6) is 11.5 Å². The highest BCUT2D eigenvalue weighted by Gasteiger charge is 2.10. The van der Waals surface area contributed by atoms with Crippen LogP contribution in [0.15, 0.2) is 48.5 Å². The Morgan fingerprint density at radius 3 is 2.68 bits per heavy atom. The summed E-state index contributed by atoms with van der Waals surface area (Å²) in [5, 5.41) is 12.9. The molecule has 5 nitrogen and oxygen atoms in total. The number of amides is 1. The van der Waals surface area contributed by atoms with E-state index in [1.807, 2.05) is 25.1 Å². The average molecular weight is 300 g/mol. The Hall–Kier alpha value is -2.53. The molecule has 2 aromatic rings. The first-order valence-electron chi connectivity index (χ1n) is 7.09. The normalized spacial score (nSPS) is 11.9. The van der Waals surface area contributed by atoms with E-state index in [9.17, 15) is 9.90 Å². The average Bonchev–Trinajstić information content (AvgIpc) is 2.53. The van der Waals surface area contributed by atoms with Gasteiger partial charge in [-0.25, -0.2) is 0 Å². The molecule has 1 amide bonds. The molecule has 22 heavy (non-hydrogen) atoms. The molecule has 0 radical (unpaired) electrons. The smallest absolute Gasteiger partial charge is 0.252 e. The van der Waals surface area contributed by atoms with Crippen LogP contribution in [0.3, 0.4) is 0 Å². The topological polar surface area (TPSA) is 84.6 Å². The molecule has 0 spiro atoms. The van der Waals surface area contributed by atoms with Gasteiger partial charge in [-0.1, -0.05) is 30.3 Å². The first-order valence-corrected chi connectivity index (χ1v) is 7.09. The Bertz CT molecular complexity index is 629. The lowest BCUT2D eigenvalue weighted by Crippen LogP contribution is -2.31. The number of ether oxygens (including phenoxy) is 1. The molecule has 0 bridgehead atoms. The summed E-state index contributed by atoms with van der Waals surface area (Å²) in [6, 6.07) is 14.7. The second-order valence-electron chi connectivity index (χ2n) is 5.12. The van der Waals surface area contributed by atoms with Gasteiger partial charge in [0.1, 0.15) is 18.1 Å². The fourth-order valence-electron chi connectivity index (χ4n) is 1.97. The summed E-state index contributed by atoms with van der Waals surface area (Å²) in [4.78, 5) is 11.2. The van der Waals surface area contributed by atoms with Crippen LogP contribution in [0.4, 0.5) is 0 Å². The van der Waals surface area contributed by atoms with Gasteiger partial charge < -0.3 is 20.9 Å². The minimum Gasteiger partial charge on any atom is -0.507 e. The number of hydrogen-bond acceptors (Lipinski definition) is 4. The molecule has 5 heteroatoms. The minimum absolute atomic E-state index is 0.0578. The fraction of sp³-hybridized carbons (Fsp3) is 0.235. The summed E-state index contributed by atoms with van der Waals surface area (Å²) in [6.07, 6.45) is 0. The van der Waals surface area contributed by atoms with Crippen molar-refractivity contribution in [3.05, 3.63) is 59.7 Å². The quantitative estimate of drug-likeness (QED) is 0.730. The molecule has 0 fully saturated rings. The number of primary amides is 1. The number of benzene rings is 2. The minimum atomic E-state index is -0.682. The Morgan fingerprint density at radius 1 is 1.27 bits per heavy atom. The van der Waals surface area contributed by atoms with Crippen LogP contribution < -0.4 is 15.8 Å². The molecule has 4 N–H and O–H groups in total. The van der Waals surface area contributed by atoms with Gasteiger partial charge >= 0.3 is 0 Å². The Balaban J connectivity index is 1.84. The third-order valence-corrected chi connectivity index (χ3v) is 3.23. The second-order valence-corrected chi connectivity index (χ2v) is 5.12. The van der Waals surface area contributed by atoms with E-state index < -0.39 is 5.91 Å². The zero-order chi connectivity index (χ0) is 15.9. The SMILES string of the molecule is CC(COc1ccc(O)c(C(N)=O)c1)NCc1ccccc1. The highest BCUT2D eigenvalue weighted by Crippen LogP contribution is 2.22. The van der Waals surface area contributed by atoms with Crippen LogP contribution in [0, 0.1) is 0 Å².